The van der Waals surface area contributed by atoms with Crippen molar-refractivity contribution in [1.29, 1.82) is 0 Å². The molecule has 0 fully saturated rings. The molecule has 4 nitrogen and oxygen atoms in total. The molecule has 0 saturated carbocycles. The van der Waals surface area contributed by atoms with Crippen LogP contribution in [0.1, 0.15) is 44.5 Å². The van der Waals surface area contributed by atoms with Crippen LogP contribution in [0.5, 0.6) is 0 Å². The van der Waals surface area contributed by atoms with Gasteiger partial charge in [0, 0.05) is 17.8 Å². The molecule has 0 heterocycles. The standard InChI is InChI=1S/C16H24N2O2/c1-11(19)12-6-5-7-14(8-12)18-15(20)13(10-17)9-16(2,3)4/h5-8,13H,9-10,17H2,1-4H3,(H,18,20). The number of benzene rings is 1. The monoisotopic (exact) mass is 276 g/mol. The van der Waals surface area contributed by atoms with Crippen molar-refractivity contribution in [2.45, 2.75) is 34.1 Å². The number of nitrogens with two attached hydrogens (primary N) is 1. The zero-order valence-electron chi connectivity index (χ0n) is 12.7. The molecular formula is C16H24N2O2. The number of carbonyl (C=O) groups is 2. The van der Waals surface area contributed by atoms with Crippen molar-refractivity contribution in [3.05, 3.63) is 29.8 Å². The molecule has 1 unspecified atom stereocenters. The second kappa shape index (κ2) is 6.66. The van der Waals surface area contributed by atoms with Gasteiger partial charge < -0.3 is 11.1 Å². The summed E-state index contributed by atoms with van der Waals surface area (Å²) >= 11 is 0. The van der Waals surface area contributed by atoms with Crippen molar-refractivity contribution in [1.82, 2.24) is 0 Å². The molecule has 1 atom stereocenters. The minimum atomic E-state index is -0.226. The maximum Gasteiger partial charge on any atom is 0.228 e. The second-order valence-corrected chi connectivity index (χ2v) is 6.32. The molecule has 0 aliphatic heterocycles. The van der Waals surface area contributed by atoms with Gasteiger partial charge in [-0.3, -0.25) is 9.59 Å². The molecule has 1 amide bonds. The molecule has 1 aromatic rings. The maximum absolute atomic E-state index is 12.2. The Labute approximate surface area is 120 Å². The highest BCUT2D eigenvalue weighted by atomic mass is 16.2. The third-order valence-electron chi connectivity index (χ3n) is 3.05. The van der Waals surface area contributed by atoms with E-state index in [2.05, 4.69) is 26.1 Å². The normalized spacial score (nSPS) is 12.8. The predicted molar refractivity (Wildman–Crippen MR) is 81.7 cm³/mol. The summed E-state index contributed by atoms with van der Waals surface area (Å²) in [6.07, 6.45) is 0.724. The molecule has 0 saturated heterocycles. The second-order valence-electron chi connectivity index (χ2n) is 6.32. The van der Waals surface area contributed by atoms with Gasteiger partial charge in [-0.05, 0) is 30.9 Å². The van der Waals surface area contributed by atoms with E-state index in [9.17, 15) is 9.59 Å². The molecule has 1 aromatic carbocycles. The molecular weight excluding hydrogens is 252 g/mol. The lowest BCUT2D eigenvalue weighted by Gasteiger charge is -2.24. The maximum atomic E-state index is 12.2. The minimum Gasteiger partial charge on any atom is -0.330 e. The molecule has 0 aliphatic carbocycles. The number of anilines is 1. The Kier molecular flexibility index (Phi) is 5.45. The Morgan fingerprint density at radius 3 is 2.45 bits per heavy atom. The number of hydrogen-bond donors (Lipinski definition) is 2. The number of carbonyl (C=O) groups excluding carboxylic acids is 2. The highest BCUT2D eigenvalue weighted by molar-refractivity contribution is 5.97. The number of hydrogen-bond acceptors (Lipinski definition) is 3. The first-order valence-corrected chi connectivity index (χ1v) is 6.85. The van der Waals surface area contributed by atoms with Crippen molar-refractivity contribution < 1.29 is 9.59 Å². The number of nitrogens with one attached hydrogen (secondary N) is 1. The van der Waals surface area contributed by atoms with Gasteiger partial charge in [0.1, 0.15) is 0 Å². The Hall–Kier alpha value is -1.68. The summed E-state index contributed by atoms with van der Waals surface area (Å²) in [5.74, 6) is -0.342. The fourth-order valence-corrected chi connectivity index (χ4v) is 2.08. The van der Waals surface area contributed by atoms with Crippen LogP contribution in [0.3, 0.4) is 0 Å². The Bertz CT molecular complexity index is 489. The first-order chi connectivity index (χ1) is 9.23. The summed E-state index contributed by atoms with van der Waals surface area (Å²) in [6.45, 7) is 8.07. The number of Topliss-reactive ketones (excluding diaryl/α,β-unsaturated/α-hetero) is 1. The largest absolute Gasteiger partial charge is 0.330 e. The fraction of sp³-hybridized carbons (Fsp3) is 0.500. The molecule has 0 bridgehead atoms. The van der Waals surface area contributed by atoms with E-state index in [4.69, 9.17) is 5.73 Å². The molecule has 0 spiro atoms. The van der Waals surface area contributed by atoms with Gasteiger partial charge in [-0.2, -0.15) is 0 Å². The van der Waals surface area contributed by atoms with Crippen molar-refractivity contribution in [2.75, 3.05) is 11.9 Å². The Morgan fingerprint density at radius 2 is 1.95 bits per heavy atom. The Balaban J connectivity index is 2.78. The fourth-order valence-electron chi connectivity index (χ4n) is 2.08. The SMILES string of the molecule is CC(=O)c1cccc(NC(=O)C(CN)CC(C)(C)C)c1. The van der Waals surface area contributed by atoms with Crippen molar-refractivity contribution >= 4 is 17.4 Å². The zero-order chi connectivity index (χ0) is 15.3. The van der Waals surface area contributed by atoms with Gasteiger partial charge in [-0.25, -0.2) is 0 Å². The van der Waals surface area contributed by atoms with E-state index < -0.39 is 0 Å². The van der Waals surface area contributed by atoms with E-state index in [1.165, 1.54) is 6.92 Å². The molecule has 1 rings (SSSR count). The third-order valence-corrected chi connectivity index (χ3v) is 3.05. The predicted octanol–water partition coefficient (Wildman–Crippen LogP) is 2.84. The minimum absolute atomic E-state index is 0.0221. The van der Waals surface area contributed by atoms with Crippen molar-refractivity contribution in [2.24, 2.45) is 17.1 Å². The lowest BCUT2D eigenvalue weighted by atomic mass is 9.84. The van der Waals surface area contributed by atoms with Crippen LogP contribution in [0.25, 0.3) is 0 Å². The van der Waals surface area contributed by atoms with E-state index >= 15 is 0 Å². The first kappa shape index (κ1) is 16.4. The average molecular weight is 276 g/mol. The van der Waals surface area contributed by atoms with Gasteiger partial charge in [0.2, 0.25) is 5.91 Å². The zero-order valence-corrected chi connectivity index (χ0v) is 12.7. The number of ketones is 1. The molecule has 110 valence electrons. The van der Waals surface area contributed by atoms with Gasteiger partial charge in [0.15, 0.2) is 5.78 Å². The van der Waals surface area contributed by atoms with E-state index in [-0.39, 0.29) is 23.0 Å². The summed E-state index contributed by atoms with van der Waals surface area (Å²) in [5.41, 5.74) is 6.96. The summed E-state index contributed by atoms with van der Waals surface area (Å²) in [6, 6.07) is 6.95. The van der Waals surface area contributed by atoms with Crippen LogP contribution in [0.2, 0.25) is 0 Å². The lowest BCUT2D eigenvalue weighted by molar-refractivity contribution is -0.120. The van der Waals surface area contributed by atoms with Gasteiger partial charge in [0.05, 0.1) is 5.92 Å². The molecule has 20 heavy (non-hydrogen) atoms. The van der Waals surface area contributed by atoms with Gasteiger partial charge >= 0.3 is 0 Å². The molecule has 0 aliphatic rings. The van der Waals surface area contributed by atoms with Crippen molar-refractivity contribution in [3.8, 4) is 0 Å². The lowest BCUT2D eigenvalue weighted by Crippen LogP contribution is -2.32. The summed E-state index contributed by atoms with van der Waals surface area (Å²) in [5, 5.41) is 2.84. The molecule has 4 heteroatoms. The highest BCUT2D eigenvalue weighted by Crippen LogP contribution is 2.25. The molecule has 0 radical (unpaired) electrons. The van der Waals surface area contributed by atoms with Crippen LogP contribution in [-0.4, -0.2) is 18.2 Å². The van der Waals surface area contributed by atoms with Crippen LogP contribution in [-0.2, 0) is 4.79 Å². The van der Waals surface area contributed by atoms with Crippen LogP contribution < -0.4 is 11.1 Å². The van der Waals surface area contributed by atoms with Crippen LogP contribution >= 0.6 is 0 Å². The molecule has 3 N–H and O–H groups in total. The van der Waals surface area contributed by atoms with Crippen molar-refractivity contribution in [3.63, 3.8) is 0 Å². The smallest absolute Gasteiger partial charge is 0.228 e. The van der Waals surface area contributed by atoms with Gasteiger partial charge in [-0.1, -0.05) is 32.9 Å². The number of rotatable bonds is 5. The van der Waals surface area contributed by atoms with E-state index in [0.29, 0.717) is 17.8 Å². The van der Waals surface area contributed by atoms with E-state index in [0.717, 1.165) is 6.42 Å². The van der Waals surface area contributed by atoms with E-state index in [1.54, 1.807) is 24.3 Å². The molecule has 0 aromatic heterocycles. The third kappa shape index (κ3) is 5.13. The van der Waals surface area contributed by atoms with Crippen LogP contribution in [0.4, 0.5) is 5.69 Å². The first-order valence-electron chi connectivity index (χ1n) is 6.85. The Morgan fingerprint density at radius 1 is 1.30 bits per heavy atom. The quantitative estimate of drug-likeness (QED) is 0.812. The number of amides is 1. The average Bonchev–Trinajstić information content (AvgIpc) is 2.35. The summed E-state index contributed by atoms with van der Waals surface area (Å²) < 4.78 is 0. The van der Waals surface area contributed by atoms with Crippen LogP contribution in [0, 0.1) is 11.3 Å². The summed E-state index contributed by atoms with van der Waals surface area (Å²) in [4.78, 5) is 23.6. The topological polar surface area (TPSA) is 72.2 Å². The van der Waals surface area contributed by atoms with Gasteiger partial charge in [-0.15, -0.1) is 0 Å². The van der Waals surface area contributed by atoms with Crippen LogP contribution in [0.15, 0.2) is 24.3 Å². The highest BCUT2D eigenvalue weighted by Gasteiger charge is 2.23. The van der Waals surface area contributed by atoms with E-state index in [1.807, 2.05) is 0 Å². The summed E-state index contributed by atoms with van der Waals surface area (Å²) in [7, 11) is 0. The van der Waals surface area contributed by atoms with Gasteiger partial charge in [0.25, 0.3) is 0 Å².